The largest absolute Gasteiger partial charge is 0.322 e. The Kier molecular flexibility index (Phi) is 5.82. The molecular formula is C27H20Cl2N4O. The van der Waals surface area contributed by atoms with Gasteiger partial charge < -0.3 is 5.32 Å². The maximum atomic E-state index is 13.0. The zero-order valence-electron chi connectivity index (χ0n) is 18.5. The second-order valence-electron chi connectivity index (χ2n) is 8.04. The number of pyridine rings is 2. The van der Waals surface area contributed by atoms with Crippen molar-refractivity contribution in [3.63, 3.8) is 0 Å². The SMILES string of the molecule is Cc1ccc(NC(=O)c2cc(-c3cccn4c(-c5cccc(Cl)c5Cl)ncc34)cnc2C)cc1. The molecule has 0 saturated carbocycles. The second-order valence-corrected chi connectivity index (χ2v) is 8.82. The fourth-order valence-corrected chi connectivity index (χ4v) is 4.27. The van der Waals surface area contributed by atoms with Crippen molar-refractivity contribution < 1.29 is 4.79 Å². The molecule has 0 aliphatic carbocycles. The van der Waals surface area contributed by atoms with Gasteiger partial charge in [-0.25, -0.2) is 4.98 Å². The number of rotatable bonds is 4. The maximum Gasteiger partial charge on any atom is 0.257 e. The van der Waals surface area contributed by atoms with E-state index in [4.69, 9.17) is 23.2 Å². The Bertz CT molecular complexity index is 1540. The molecule has 3 heterocycles. The van der Waals surface area contributed by atoms with Crippen LogP contribution in [0.1, 0.15) is 21.6 Å². The molecular weight excluding hydrogens is 467 g/mol. The van der Waals surface area contributed by atoms with Gasteiger partial charge in [0.15, 0.2) is 0 Å². The number of hydrogen-bond acceptors (Lipinski definition) is 3. The predicted octanol–water partition coefficient (Wildman–Crippen LogP) is 7.24. The Labute approximate surface area is 207 Å². The van der Waals surface area contributed by atoms with Crippen molar-refractivity contribution in [1.82, 2.24) is 14.4 Å². The Balaban J connectivity index is 1.55. The zero-order valence-corrected chi connectivity index (χ0v) is 20.0. The monoisotopic (exact) mass is 486 g/mol. The lowest BCUT2D eigenvalue weighted by Crippen LogP contribution is -2.14. The molecule has 5 rings (SSSR count). The summed E-state index contributed by atoms with van der Waals surface area (Å²) in [6, 6.07) is 18.9. The summed E-state index contributed by atoms with van der Waals surface area (Å²) in [6.07, 6.45) is 5.48. The standard InChI is InChI=1S/C27H20Cl2N4O/c1-16-8-10-19(11-9-16)32-27(34)22-13-18(14-30-17(22)2)20-6-4-12-33-24(20)15-31-26(33)21-5-3-7-23(28)25(21)29/h3-15H,1-2H3,(H,32,34). The molecule has 168 valence electrons. The second kappa shape index (κ2) is 8.93. The summed E-state index contributed by atoms with van der Waals surface area (Å²) in [5.41, 5.74) is 6.35. The first-order valence-electron chi connectivity index (χ1n) is 10.7. The van der Waals surface area contributed by atoms with Crippen molar-refractivity contribution in [3.05, 3.63) is 106 Å². The molecule has 2 aromatic carbocycles. The van der Waals surface area contributed by atoms with Crippen molar-refractivity contribution >= 4 is 40.3 Å². The Morgan fingerprint density at radius 2 is 1.68 bits per heavy atom. The van der Waals surface area contributed by atoms with Crippen LogP contribution in [0.2, 0.25) is 10.0 Å². The molecule has 0 unspecified atom stereocenters. The number of benzene rings is 2. The average molecular weight is 487 g/mol. The van der Waals surface area contributed by atoms with Crippen molar-refractivity contribution in [2.45, 2.75) is 13.8 Å². The number of carbonyl (C=O) groups excluding carboxylic acids is 1. The fraction of sp³-hybridized carbons (Fsp3) is 0.0741. The van der Waals surface area contributed by atoms with E-state index in [1.54, 1.807) is 18.5 Å². The molecule has 5 aromatic rings. The van der Waals surface area contributed by atoms with Crippen molar-refractivity contribution in [2.24, 2.45) is 0 Å². The third-order valence-electron chi connectivity index (χ3n) is 5.72. The van der Waals surface area contributed by atoms with Crippen LogP contribution in [0.5, 0.6) is 0 Å². The molecule has 1 N–H and O–H groups in total. The lowest BCUT2D eigenvalue weighted by atomic mass is 10.0. The van der Waals surface area contributed by atoms with Crippen LogP contribution in [0.3, 0.4) is 0 Å². The van der Waals surface area contributed by atoms with Gasteiger partial charge in [-0.3, -0.25) is 14.2 Å². The first kappa shape index (κ1) is 22.1. The van der Waals surface area contributed by atoms with Gasteiger partial charge in [0, 0.05) is 34.8 Å². The summed E-state index contributed by atoms with van der Waals surface area (Å²) in [7, 11) is 0. The minimum atomic E-state index is -0.206. The number of nitrogens with one attached hydrogen (secondary N) is 1. The maximum absolute atomic E-state index is 13.0. The van der Waals surface area contributed by atoms with E-state index in [2.05, 4.69) is 15.3 Å². The summed E-state index contributed by atoms with van der Waals surface area (Å²) in [6.45, 7) is 3.83. The molecule has 5 nitrogen and oxygen atoms in total. The minimum Gasteiger partial charge on any atom is -0.322 e. The molecule has 34 heavy (non-hydrogen) atoms. The van der Waals surface area contributed by atoms with Crippen LogP contribution in [0, 0.1) is 13.8 Å². The van der Waals surface area contributed by atoms with Crippen molar-refractivity contribution in [3.8, 4) is 22.5 Å². The molecule has 0 bridgehead atoms. The summed E-state index contributed by atoms with van der Waals surface area (Å²) in [4.78, 5) is 22.1. The zero-order chi connectivity index (χ0) is 23.8. The first-order valence-corrected chi connectivity index (χ1v) is 11.4. The summed E-state index contributed by atoms with van der Waals surface area (Å²) >= 11 is 12.7. The Hall–Kier alpha value is -3.67. The predicted molar refractivity (Wildman–Crippen MR) is 138 cm³/mol. The van der Waals surface area contributed by atoms with Crippen LogP contribution >= 0.6 is 23.2 Å². The highest BCUT2D eigenvalue weighted by Gasteiger charge is 2.17. The third kappa shape index (κ3) is 4.04. The summed E-state index contributed by atoms with van der Waals surface area (Å²) in [5, 5.41) is 3.88. The van der Waals surface area contributed by atoms with Crippen LogP contribution in [-0.2, 0) is 0 Å². The van der Waals surface area contributed by atoms with Crippen LogP contribution in [0.25, 0.3) is 28.0 Å². The number of hydrogen-bond donors (Lipinski definition) is 1. The summed E-state index contributed by atoms with van der Waals surface area (Å²) < 4.78 is 1.96. The number of carbonyl (C=O) groups is 1. The molecule has 0 fully saturated rings. The van der Waals surface area contributed by atoms with Gasteiger partial charge >= 0.3 is 0 Å². The average Bonchev–Trinajstić information content (AvgIpc) is 3.27. The van der Waals surface area contributed by atoms with Gasteiger partial charge in [0.2, 0.25) is 0 Å². The lowest BCUT2D eigenvalue weighted by molar-refractivity contribution is 0.102. The Morgan fingerprint density at radius 1 is 0.912 bits per heavy atom. The molecule has 3 aromatic heterocycles. The smallest absolute Gasteiger partial charge is 0.257 e. The van der Waals surface area contributed by atoms with E-state index in [-0.39, 0.29) is 5.91 Å². The third-order valence-corrected chi connectivity index (χ3v) is 6.53. The quantitative estimate of drug-likeness (QED) is 0.291. The van der Waals surface area contributed by atoms with Crippen LogP contribution in [0.4, 0.5) is 5.69 Å². The van der Waals surface area contributed by atoms with E-state index >= 15 is 0 Å². The van der Waals surface area contributed by atoms with E-state index in [0.717, 1.165) is 33.5 Å². The molecule has 1 amide bonds. The van der Waals surface area contributed by atoms with Gasteiger partial charge in [-0.15, -0.1) is 0 Å². The molecule has 0 saturated heterocycles. The van der Waals surface area contributed by atoms with E-state index in [9.17, 15) is 4.79 Å². The number of aromatic nitrogens is 3. The number of halogens is 2. The topological polar surface area (TPSA) is 59.3 Å². The lowest BCUT2D eigenvalue weighted by Gasteiger charge is -2.11. The van der Waals surface area contributed by atoms with Gasteiger partial charge in [0.25, 0.3) is 5.91 Å². The highest BCUT2D eigenvalue weighted by Crippen LogP contribution is 2.35. The molecule has 0 atom stereocenters. The van der Waals surface area contributed by atoms with Crippen molar-refractivity contribution in [2.75, 3.05) is 5.32 Å². The highest BCUT2D eigenvalue weighted by molar-refractivity contribution is 6.43. The van der Waals surface area contributed by atoms with Crippen LogP contribution in [0.15, 0.2) is 79.3 Å². The van der Waals surface area contributed by atoms with Crippen molar-refractivity contribution in [1.29, 1.82) is 0 Å². The number of imidazole rings is 1. The number of aryl methyl sites for hydroxylation is 2. The highest BCUT2D eigenvalue weighted by atomic mass is 35.5. The molecule has 0 aliphatic rings. The molecule has 0 spiro atoms. The van der Waals surface area contributed by atoms with E-state index in [0.29, 0.717) is 27.1 Å². The van der Waals surface area contributed by atoms with Gasteiger partial charge in [0.05, 0.1) is 33.0 Å². The van der Waals surface area contributed by atoms with Crippen LogP contribution < -0.4 is 5.32 Å². The van der Waals surface area contributed by atoms with Gasteiger partial charge in [-0.2, -0.15) is 0 Å². The van der Waals surface area contributed by atoms with E-state index in [1.807, 2.05) is 79.0 Å². The van der Waals surface area contributed by atoms with Gasteiger partial charge in [-0.1, -0.05) is 53.0 Å². The number of anilines is 1. The summed E-state index contributed by atoms with van der Waals surface area (Å²) in [5.74, 6) is 0.476. The Morgan fingerprint density at radius 3 is 2.47 bits per heavy atom. The minimum absolute atomic E-state index is 0.206. The number of nitrogens with zero attached hydrogens (tertiary/aromatic N) is 3. The van der Waals surface area contributed by atoms with E-state index in [1.165, 1.54) is 0 Å². The first-order chi connectivity index (χ1) is 16.4. The molecule has 0 radical (unpaired) electrons. The van der Waals surface area contributed by atoms with E-state index < -0.39 is 0 Å². The molecule has 7 heteroatoms. The fourth-order valence-electron chi connectivity index (χ4n) is 3.89. The van der Waals surface area contributed by atoms with Gasteiger partial charge in [0.1, 0.15) is 5.82 Å². The number of fused-ring (bicyclic) bond motifs is 1. The normalized spacial score (nSPS) is 11.1. The molecule has 0 aliphatic heterocycles. The van der Waals surface area contributed by atoms with Crippen LogP contribution in [-0.4, -0.2) is 20.3 Å². The number of amides is 1. The van der Waals surface area contributed by atoms with Gasteiger partial charge in [-0.05, 0) is 50.2 Å².